The lowest BCUT2D eigenvalue weighted by Crippen LogP contribution is -2.25. The zero-order chi connectivity index (χ0) is 20.1. The van der Waals surface area contributed by atoms with Gasteiger partial charge in [0.15, 0.2) is 0 Å². The number of aryl methyl sites for hydroxylation is 1. The van der Waals surface area contributed by atoms with Gasteiger partial charge in [-0.3, -0.25) is 4.18 Å². The van der Waals surface area contributed by atoms with Gasteiger partial charge >= 0.3 is 6.09 Å². The normalized spacial score (nSPS) is 16.9. The third-order valence-corrected chi connectivity index (χ3v) is 5.80. The van der Waals surface area contributed by atoms with Crippen LogP contribution in [0.25, 0.3) is 0 Å². The molecule has 1 aliphatic heterocycles. The quantitative estimate of drug-likeness (QED) is 0.628. The van der Waals surface area contributed by atoms with Gasteiger partial charge in [-0.05, 0) is 36.8 Å². The lowest BCUT2D eigenvalue weighted by Gasteiger charge is -2.13. The Balaban J connectivity index is 1.49. The third kappa shape index (κ3) is 5.02. The van der Waals surface area contributed by atoms with Crippen LogP contribution in [0, 0.1) is 6.92 Å². The van der Waals surface area contributed by atoms with E-state index >= 15 is 0 Å². The van der Waals surface area contributed by atoms with Crippen LogP contribution in [0.2, 0.25) is 0 Å². The fourth-order valence-electron chi connectivity index (χ4n) is 2.87. The minimum atomic E-state index is -3.82. The van der Waals surface area contributed by atoms with Gasteiger partial charge < -0.3 is 14.4 Å². The van der Waals surface area contributed by atoms with Gasteiger partial charge in [0.05, 0.1) is 25.2 Å². The first-order valence-corrected chi connectivity index (χ1v) is 10.3. The number of hydrogen-bond donors (Lipinski definition) is 0. The van der Waals surface area contributed by atoms with E-state index in [9.17, 15) is 13.2 Å². The van der Waals surface area contributed by atoms with Crippen LogP contribution in [0.1, 0.15) is 17.5 Å². The summed E-state index contributed by atoms with van der Waals surface area (Å²) in [7, 11) is -2.22. The van der Waals surface area contributed by atoms with E-state index in [0.717, 1.165) is 16.9 Å². The lowest BCUT2D eigenvalue weighted by molar-refractivity contribution is 0.120. The molecule has 0 unspecified atom stereocenters. The van der Waals surface area contributed by atoms with Crippen molar-refractivity contribution in [3.05, 3.63) is 59.7 Å². The maximum Gasteiger partial charge on any atom is 0.410 e. The van der Waals surface area contributed by atoms with Crippen LogP contribution < -0.4 is 4.74 Å². The lowest BCUT2D eigenvalue weighted by atomic mass is 10.2. The Morgan fingerprint density at radius 3 is 2.43 bits per heavy atom. The number of ether oxygens (including phenoxy) is 2. The van der Waals surface area contributed by atoms with Crippen LogP contribution in [-0.4, -0.2) is 45.8 Å². The molecule has 0 spiro atoms. The van der Waals surface area contributed by atoms with Crippen LogP contribution in [0.3, 0.4) is 0 Å². The molecule has 2 aromatic carbocycles. The first kappa shape index (κ1) is 20.2. The number of benzene rings is 2. The van der Waals surface area contributed by atoms with E-state index in [1.165, 1.54) is 12.1 Å². The Kier molecular flexibility index (Phi) is 6.21. The van der Waals surface area contributed by atoms with Crippen molar-refractivity contribution in [2.45, 2.75) is 30.9 Å². The van der Waals surface area contributed by atoms with Gasteiger partial charge in [-0.25, -0.2) is 4.79 Å². The van der Waals surface area contributed by atoms with E-state index in [2.05, 4.69) is 0 Å². The van der Waals surface area contributed by atoms with Gasteiger partial charge in [0.1, 0.15) is 11.9 Å². The number of carbonyl (C=O) groups is 1. The minimum Gasteiger partial charge on any atom is -0.497 e. The highest BCUT2D eigenvalue weighted by Crippen LogP contribution is 2.20. The number of amides is 1. The predicted octanol–water partition coefficient (Wildman–Crippen LogP) is 3.12. The van der Waals surface area contributed by atoms with Crippen LogP contribution in [-0.2, 0) is 25.6 Å². The Morgan fingerprint density at radius 2 is 1.79 bits per heavy atom. The highest BCUT2D eigenvalue weighted by molar-refractivity contribution is 7.86. The van der Waals surface area contributed by atoms with Crippen molar-refractivity contribution in [3.63, 3.8) is 0 Å². The summed E-state index contributed by atoms with van der Waals surface area (Å²) >= 11 is 0. The summed E-state index contributed by atoms with van der Waals surface area (Å²) in [6.07, 6.45) is -0.517. The van der Waals surface area contributed by atoms with Gasteiger partial charge in [-0.2, -0.15) is 8.42 Å². The third-order valence-electron chi connectivity index (χ3n) is 4.47. The number of nitrogens with zero attached hydrogens (tertiary/aromatic N) is 1. The second kappa shape index (κ2) is 8.62. The summed E-state index contributed by atoms with van der Waals surface area (Å²) in [4.78, 5) is 13.7. The molecule has 0 saturated carbocycles. The Bertz CT molecular complexity index is 909. The van der Waals surface area contributed by atoms with Crippen molar-refractivity contribution in [2.75, 3.05) is 20.3 Å². The molecule has 1 heterocycles. The second-order valence-corrected chi connectivity index (χ2v) is 8.23. The summed E-state index contributed by atoms with van der Waals surface area (Å²) in [5.41, 5.74) is 1.92. The summed E-state index contributed by atoms with van der Waals surface area (Å²) in [6.45, 7) is 2.63. The van der Waals surface area contributed by atoms with Gasteiger partial charge in [0.2, 0.25) is 0 Å². The molecular formula is C20H23NO6S. The van der Waals surface area contributed by atoms with Crippen LogP contribution in [0.15, 0.2) is 53.4 Å². The predicted molar refractivity (Wildman–Crippen MR) is 103 cm³/mol. The highest BCUT2D eigenvalue weighted by Gasteiger charge is 2.31. The molecule has 0 bridgehead atoms. The van der Waals surface area contributed by atoms with Gasteiger partial charge in [-0.1, -0.05) is 29.8 Å². The van der Waals surface area contributed by atoms with E-state index in [4.69, 9.17) is 13.7 Å². The second-order valence-electron chi connectivity index (χ2n) is 6.61. The highest BCUT2D eigenvalue weighted by atomic mass is 32.2. The zero-order valence-electron chi connectivity index (χ0n) is 15.8. The fraction of sp³-hybridized carbons (Fsp3) is 0.350. The molecule has 0 aromatic heterocycles. The monoisotopic (exact) mass is 405 g/mol. The summed E-state index contributed by atoms with van der Waals surface area (Å²) < 4.78 is 39.9. The smallest absolute Gasteiger partial charge is 0.410 e. The Labute approximate surface area is 164 Å². The molecule has 1 amide bonds. The van der Waals surface area contributed by atoms with Crippen molar-refractivity contribution < 1.29 is 26.9 Å². The molecule has 2 aromatic rings. The molecular weight excluding hydrogens is 382 g/mol. The molecule has 1 atom stereocenters. The Morgan fingerprint density at radius 1 is 1.11 bits per heavy atom. The first-order chi connectivity index (χ1) is 13.4. The average Bonchev–Trinajstić information content (AvgIpc) is 3.02. The maximum atomic E-state index is 12.2. The van der Waals surface area contributed by atoms with Crippen molar-refractivity contribution in [2.24, 2.45) is 0 Å². The van der Waals surface area contributed by atoms with Gasteiger partial charge in [0.25, 0.3) is 10.1 Å². The molecule has 0 aliphatic carbocycles. The molecule has 28 heavy (non-hydrogen) atoms. The van der Waals surface area contributed by atoms with Crippen LogP contribution >= 0.6 is 0 Å². The van der Waals surface area contributed by atoms with Crippen molar-refractivity contribution in [3.8, 4) is 5.75 Å². The summed E-state index contributed by atoms with van der Waals surface area (Å²) in [6, 6.07) is 13.9. The van der Waals surface area contributed by atoms with E-state index in [-0.39, 0.29) is 11.5 Å². The number of cyclic esters (lactones) is 1. The first-order valence-electron chi connectivity index (χ1n) is 8.92. The minimum absolute atomic E-state index is 0.0511. The maximum absolute atomic E-state index is 12.2. The molecule has 1 saturated heterocycles. The molecule has 8 heteroatoms. The van der Waals surface area contributed by atoms with Gasteiger partial charge in [0, 0.05) is 13.0 Å². The standard InChI is InChI=1S/C20H23NO6S/c1-15-3-9-19(10-4-15)28(23,24)26-12-11-18-14-21(20(22)27-18)13-16-5-7-17(25-2)8-6-16/h3-10,18H,11-14H2,1-2H3/t18-/m1/s1. The molecule has 3 rings (SSSR count). The van der Waals surface area contributed by atoms with Gasteiger partial charge in [-0.15, -0.1) is 0 Å². The SMILES string of the molecule is COc1ccc(CN2C[C@@H](CCOS(=O)(=O)c3ccc(C)cc3)OC2=O)cc1. The largest absolute Gasteiger partial charge is 0.497 e. The molecule has 0 N–H and O–H groups in total. The Hall–Kier alpha value is -2.58. The fourth-order valence-corrected chi connectivity index (χ4v) is 3.79. The molecule has 1 fully saturated rings. The molecule has 1 aliphatic rings. The molecule has 0 radical (unpaired) electrons. The van der Waals surface area contributed by atoms with E-state index < -0.39 is 22.3 Å². The number of hydrogen-bond acceptors (Lipinski definition) is 6. The van der Waals surface area contributed by atoms with Crippen LogP contribution in [0.5, 0.6) is 5.75 Å². The zero-order valence-corrected chi connectivity index (χ0v) is 16.6. The average molecular weight is 405 g/mol. The number of carbonyl (C=O) groups excluding carboxylic acids is 1. The van der Waals surface area contributed by atoms with E-state index in [1.807, 2.05) is 31.2 Å². The number of rotatable bonds is 8. The van der Waals surface area contributed by atoms with Crippen molar-refractivity contribution in [1.82, 2.24) is 4.90 Å². The summed E-state index contributed by atoms with van der Waals surface area (Å²) in [5.74, 6) is 0.748. The van der Waals surface area contributed by atoms with Crippen molar-refractivity contribution in [1.29, 1.82) is 0 Å². The molecule has 150 valence electrons. The summed E-state index contributed by atoms with van der Waals surface area (Å²) in [5, 5.41) is 0. The molecule has 7 nitrogen and oxygen atoms in total. The van der Waals surface area contributed by atoms with E-state index in [1.54, 1.807) is 24.1 Å². The van der Waals surface area contributed by atoms with Crippen LogP contribution in [0.4, 0.5) is 4.79 Å². The number of methoxy groups -OCH3 is 1. The van der Waals surface area contributed by atoms with E-state index in [0.29, 0.717) is 19.5 Å². The topological polar surface area (TPSA) is 82.1 Å². The van der Waals surface area contributed by atoms with Crippen molar-refractivity contribution >= 4 is 16.2 Å².